The number of phenols is 1. The fourth-order valence-corrected chi connectivity index (χ4v) is 6.77. The standard InChI is InChI=1S/C33H42N2O5S2/c1-9-26(41-22-17-23(32(3,4)5)28(36)24(18-22)33(6,7)8)30-34-25(19(2)40-30)14-15-39-21-12-10-20(11-13-21)16-27-29(37)35-31(38)42-27/h10-13,17-18,26-27,36H,9,14-16H2,1-8H3,(H,35,37,38). The number of nitrogens with zero attached hydrogens (tertiary/aromatic N) is 1. The molecule has 0 spiro atoms. The predicted molar refractivity (Wildman–Crippen MR) is 170 cm³/mol. The van der Waals surface area contributed by atoms with Crippen molar-refractivity contribution < 1.29 is 23.8 Å². The highest BCUT2D eigenvalue weighted by atomic mass is 32.2. The predicted octanol–water partition coefficient (Wildman–Crippen LogP) is 8.04. The Morgan fingerprint density at radius 2 is 1.69 bits per heavy atom. The van der Waals surface area contributed by atoms with Gasteiger partial charge in [0.1, 0.15) is 17.3 Å². The van der Waals surface area contributed by atoms with Crippen molar-refractivity contribution in [3.05, 3.63) is 70.4 Å². The molecule has 1 fully saturated rings. The molecule has 1 aliphatic rings. The monoisotopic (exact) mass is 610 g/mol. The molecule has 2 N–H and O–H groups in total. The summed E-state index contributed by atoms with van der Waals surface area (Å²) in [4.78, 5) is 29.2. The summed E-state index contributed by atoms with van der Waals surface area (Å²) in [6.45, 7) is 17.3. The molecule has 0 radical (unpaired) electrons. The van der Waals surface area contributed by atoms with Gasteiger partial charge < -0.3 is 14.3 Å². The molecule has 226 valence electrons. The SMILES string of the molecule is CCC(Sc1cc(C(C)(C)C)c(O)c(C(C)(C)C)c1)c1nc(CCOc2ccc(CC3SC(=O)NC3=O)cc2)c(C)o1. The van der Waals surface area contributed by atoms with Gasteiger partial charge in [0.15, 0.2) is 0 Å². The number of nitrogens with one attached hydrogen (secondary N) is 1. The fourth-order valence-electron chi connectivity index (χ4n) is 4.84. The quantitative estimate of drug-likeness (QED) is 0.222. The first-order valence-corrected chi connectivity index (χ1v) is 16.2. The molecular weight excluding hydrogens is 569 g/mol. The lowest BCUT2D eigenvalue weighted by atomic mass is 9.79. The number of benzene rings is 2. The Bertz CT molecular complexity index is 1400. The van der Waals surface area contributed by atoms with Gasteiger partial charge in [-0.05, 0) is 60.4 Å². The average molecular weight is 611 g/mol. The first-order valence-electron chi connectivity index (χ1n) is 14.4. The van der Waals surface area contributed by atoms with Gasteiger partial charge in [-0.25, -0.2) is 4.98 Å². The normalized spacial score (nSPS) is 16.5. The van der Waals surface area contributed by atoms with Crippen molar-refractivity contribution in [1.29, 1.82) is 0 Å². The number of thioether (sulfide) groups is 2. The Labute approximate surface area is 257 Å². The van der Waals surface area contributed by atoms with Crippen LogP contribution in [0.15, 0.2) is 45.7 Å². The first kappa shape index (κ1) is 32.0. The second kappa shape index (κ2) is 12.8. The van der Waals surface area contributed by atoms with Crippen LogP contribution in [0, 0.1) is 6.92 Å². The number of rotatable bonds is 10. The van der Waals surface area contributed by atoms with Gasteiger partial charge in [0, 0.05) is 22.4 Å². The molecule has 2 aromatic carbocycles. The summed E-state index contributed by atoms with van der Waals surface area (Å²) in [6, 6.07) is 11.8. The Hall–Kier alpha value is -2.91. The Morgan fingerprint density at radius 3 is 2.21 bits per heavy atom. The van der Waals surface area contributed by atoms with Crippen LogP contribution in [-0.4, -0.2) is 33.1 Å². The molecule has 0 aliphatic carbocycles. The summed E-state index contributed by atoms with van der Waals surface area (Å²) >= 11 is 2.76. The van der Waals surface area contributed by atoms with Crippen molar-refractivity contribution in [3.8, 4) is 11.5 Å². The van der Waals surface area contributed by atoms with Crippen LogP contribution < -0.4 is 10.1 Å². The maximum atomic E-state index is 11.8. The lowest BCUT2D eigenvalue weighted by molar-refractivity contribution is -0.118. The summed E-state index contributed by atoms with van der Waals surface area (Å²) in [5.41, 5.74) is 3.36. The number of hydrogen-bond acceptors (Lipinski definition) is 8. The molecule has 2 amide bonds. The maximum absolute atomic E-state index is 11.8. The van der Waals surface area contributed by atoms with Crippen molar-refractivity contribution in [2.45, 2.75) is 101 Å². The molecular formula is C33H42N2O5S2. The van der Waals surface area contributed by atoms with Crippen molar-refractivity contribution in [2.75, 3.05) is 6.61 Å². The number of ether oxygens (including phenoxy) is 1. The average Bonchev–Trinajstić information content (AvgIpc) is 3.42. The topological polar surface area (TPSA) is 102 Å². The van der Waals surface area contributed by atoms with E-state index in [1.165, 1.54) is 0 Å². The van der Waals surface area contributed by atoms with Gasteiger partial charge in [0.2, 0.25) is 11.8 Å². The zero-order chi connectivity index (χ0) is 30.8. The van der Waals surface area contributed by atoms with E-state index in [-0.39, 0.29) is 32.5 Å². The highest BCUT2D eigenvalue weighted by Crippen LogP contribution is 2.45. The number of hydrogen-bond donors (Lipinski definition) is 2. The lowest BCUT2D eigenvalue weighted by Gasteiger charge is -2.28. The number of aryl methyl sites for hydroxylation is 1. The van der Waals surface area contributed by atoms with E-state index < -0.39 is 0 Å². The number of carbonyl (C=O) groups excluding carboxylic acids is 2. The smallest absolute Gasteiger partial charge is 0.286 e. The van der Waals surface area contributed by atoms with Crippen molar-refractivity contribution in [1.82, 2.24) is 10.3 Å². The van der Waals surface area contributed by atoms with Crippen LogP contribution in [0.3, 0.4) is 0 Å². The molecule has 0 bridgehead atoms. The van der Waals surface area contributed by atoms with Crippen molar-refractivity contribution in [3.63, 3.8) is 0 Å². The number of imide groups is 1. The van der Waals surface area contributed by atoms with Crippen LogP contribution >= 0.6 is 23.5 Å². The number of carbonyl (C=O) groups is 2. The van der Waals surface area contributed by atoms with E-state index in [4.69, 9.17) is 14.1 Å². The minimum absolute atomic E-state index is 0.0338. The Balaban J connectivity index is 1.40. The molecule has 42 heavy (non-hydrogen) atoms. The summed E-state index contributed by atoms with van der Waals surface area (Å²) < 4.78 is 12.1. The van der Waals surface area contributed by atoms with Gasteiger partial charge in [0.25, 0.3) is 5.24 Å². The highest BCUT2D eigenvalue weighted by Gasteiger charge is 2.31. The van der Waals surface area contributed by atoms with Crippen molar-refractivity contribution >= 4 is 34.7 Å². The second-order valence-electron chi connectivity index (χ2n) is 12.8. The number of aromatic nitrogens is 1. The van der Waals surface area contributed by atoms with E-state index in [0.29, 0.717) is 31.1 Å². The lowest BCUT2D eigenvalue weighted by Crippen LogP contribution is -2.25. The van der Waals surface area contributed by atoms with Crippen LogP contribution in [0.4, 0.5) is 4.79 Å². The summed E-state index contributed by atoms with van der Waals surface area (Å²) in [7, 11) is 0. The van der Waals surface area contributed by atoms with Crippen molar-refractivity contribution in [2.24, 2.45) is 0 Å². The van der Waals surface area contributed by atoms with Gasteiger partial charge in [0.05, 0.1) is 22.8 Å². The summed E-state index contributed by atoms with van der Waals surface area (Å²) in [5, 5.41) is 12.8. The first-order chi connectivity index (χ1) is 19.7. The van der Waals surface area contributed by atoms with E-state index in [2.05, 4.69) is 65.9 Å². The Morgan fingerprint density at radius 1 is 1.07 bits per heavy atom. The minimum atomic E-state index is -0.381. The molecule has 2 heterocycles. The number of amides is 2. The van der Waals surface area contributed by atoms with E-state index in [1.54, 1.807) is 11.8 Å². The molecule has 9 heteroatoms. The third kappa shape index (κ3) is 7.72. The molecule has 7 nitrogen and oxygen atoms in total. The van der Waals surface area contributed by atoms with Crippen LogP contribution in [0.25, 0.3) is 0 Å². The van der Waals surface area contributed by atoms with Crippen LogP contribution in [0.2, 0.25) is 0 Å². The number of aromatic hydroxyl groups is 1. The minimum Gasteiger partial charge on any atom is -0.507 e. The van der Waals surface area contributed by atoms with E-state index in [1.807, 2.05) is 31.2 Å². The summed E-state index contributed by atoms with van der Waals surface area (Å²) in [6.07, 6.45) is 1.96. The zero-order valence-corrected chi connectivity index (χ0v) is 27.4. The molecule has 3 aromatic rings. The van der Waals surface area contributed by atoms with Gasteiger partial charge >= 0.3 is 0 Å². The number of oxazole rings is 1. The molecule has 1 saturated heterocycles. The van der Waals surface area contributed by atoms with Gasteiger partial charge in [-0.3, -0.25) is 14.9 Å². The van der Waals surface area contributed by atoms with Crippen LogP contribution in [0.1, 0.15) is 94.2 Å². The van der Waals surface area contributed by atoms with Gasteiger partial charge in [-0.1, -0.05) is 72.4 Å². The molecule has 2 atom stereocenters. The Kier molecular flexibility index (Phi) is 9.72. The molecule has 0 saturated carbocycles. The highest BCUT2D eigenvalue weighted by molar-refractivity contribution is 8.15. The molecule has 4 rings (SSSR count). The molecule has 1 aliphatic heterocycles. The third-order valence-electron chi connectivity index (χ3n) is 7.25. The molecule has 1 aromatic heterocycles. The summed E-state index contributed by atoms with van der Waals surface area (Å²) in [5.74, 6) is 2.38. The molecule has 2 unspecified atom stereocenters. The van der Waals surface area contributed by atoms with Gasteiger partial charge in [-0.15, -0.1) is 11.8 Å². The maximum Gasteiger partial charge on any atom is 0.286 e. The largest absolute Gasteiger partial charge is 0.507 e. The second-order valence-corrected chi connectivity index (χ2v) is 15.2. The zero-order valence-electron chi connectivity index (χ0n) is 25.8. The van der Waals surface area contributed by atoms with E-state index >= 15 is 0 Å². The van der Waals surface area contributed by atoms with Crippen LogP contribution in [-0.2, 0) is 28.5 Å². The van der Waals surface area contributed by atoms with Gasteiger partial charge in [-0.2, -0.15) is 0 Å². The van der Waals surface area contributed by atoms with E-state index in [9.17, 15) is 14.7 Å². The third-order valence-corrected chi connectivity index (χ3v) is 9.56. The van der Waals surface area contributed by atoms with Crippen LogP contribution in [0.5, 0.6) is 11.5 Å². The fraction of sp³-hybridized carbons (Fsp3) is 0.485. The number of phenolic OH excluding ortho intramolecular Hbond substituents is 1. The van der Waals surface area contributed by atoms with E-state index in [0.717, 1.165) is 57.0 Å².